The Balaban J connectivity index is 1.33. The fourth-order valence-corrected chi connectivity index (χ4v) is 5.23. The van der Waals surface area contributed by atoms with E-state index < -0.39 is 33.9 Å². The highest BCUT2D eigenvalue weighted by atomic mass is 35.5. The molecule has 2 heterocycles. The Bertz CT molecular complexity index is 1110. The third-order valence-electron chi connectivity index (χ3n) is 5.32. The standard InChI is InChI=1S/C21H22ClN3O6S/c22-15-7-9-16(10-8-15)32(28,29)25-11-3-4-14(12-25)20(26)23-24-21(27)19-13-30-17-5-1-2-6-18(17)31-19/h1-2,5-10,14,19H,3-4,11-13H2,(H,23,26)(H,24,27). The summed E-state index contributed by atoms with van der Waals surface area (Å²) >= 11 is 5.84. The van der Waals surface area contributed by atoms with Crippen LogP contribution in [0.25, 0.3) is 0 Å². The average molecular weight is 480 g/mol. The minimum Gasteiger partial charge on any atom is -0.485 e. The topological polar surface area (TPSA) is 114 Å². The number of carbonyl (C=O) groups is 2. The van der Waals surface area contributed by atoms with Gasteiger partial charge in [0.1, 0.15) is 6.61 Å². The van der Waals surface area contributed by atoms with Crippen LogP contribution in [0.3, 0.4) is 0 Å². The van der Waals surface area contributed by atoms with Gasteiger partial charge in [-0.25, -0.2) is 8.42 Å². The lowest BCUT2D eigenvalue weighted by Crippen LogP contribution is -2.54. The van der Waals surface area contributed by atoms with Crippen molar-refractivity contribution in [3.8, 4) is 11.5 Å². The first-order valence-electron chi connectivity index (χ1n) is 10.1. The summed E-state index contributed by atoms with van der Waals surface area (Å²) in [6.45, 7) is 0.339. The van der Waals surface area contributed by atoms with Gasteiger partial charge in [0.05, 0.1) is 10.8 Å². The monoisotopic (exact) mass is 479 g/mol. The Morgan fingerprint density at radius 2 is 1.69 bits per heavy atom. The van der Waals surface area contributed by atoms with E-state index >= 15 is 0 Å². The van der Waals surface area contributed by atoms with Crippen molar-refractivity contribution in [2.75, 3.05) is 19.7 Å². The van der Waals surface area contributed by atoms with E-state index in [1.54, 1.807) is 24.3 Å². The summed E-state index contributed by atoms with van der Waals surface area (Å²) in [4.78, 5) is 25.1. The number of sulfonamides is 1. The van der Waals surface area contributed by atoms with Crippen molar-refractivity contribution in [3.05, 3.63) is 53.6 Å². The Hall–Kier alpha value is -2.82. The van der Waals surface area contributed by atoms with Gasteiger partial charge < -0.3 is 9.47 Å². The third kappa shape index (κ3) is 4.82. The molecule has 2 aromatic rings. The molecular formula is C21H22ClN3O6S. The van der Waals surface area contributed by atoms with E-state index in [-0.39, 0.29) is 18.0 Å². The number of fused-ring (bicyclic) bond motifs is 1. The van der Waals surface area contributed by atoms with Crippen molar-refractivity contribution >= 4 is 33.4 Å². The quantitative estimate of drug-likeness (QED) is 0.645. The number of ether oxygens (including phenoxy) is 2. The molecule has 0 aromatic heterocycles. The van der Waals surface area contributed by atoms with Crippen molar-refractivity contribution in [2.45, 2.75) is 23.8 Å². The second kappa shape index (κ2) is 9.35. The van der Waals surface area contributed by atoms with Gasteiger partial charge in [0.2, 0.25) is 22.0 Å². The number of carbonyl (C=O) groups excluding carboxylic acids is 2. The smallest absolute Gasteiger partial charge is 0.283 e. The van der Waals surface area contributed by atoms with Gasteiger partial charge in [0.15, 0.2) is 11.5 Å². The number of rotatable bonds is 4. The van der Waals surface area contributed by atoms with E-state index in [0.717, 1.165) is 0 Å². The summed E-state index contributed by atoms with van der Waals surface area (Å²) in [5, 5.41) is 0.437. The summed E-state index contributed by atoms with van der Waals surface area (Å²) in [7, 11) is -3.75. The Morgan fingerprint density at radius 1 is 1.00 bits per heavy atom. The molecule has 2 amide bonds. The van der Waals surface area contributed by atoms with E-state index in [1.807, 2.05) is 0 Å². The van der Waals surface area contributed by atoms with E-state index in [2.05, 4.69) is 10.9 Å². The number of hydrazine groups is 1. The molecule has 2 aromatic carbocycles. The number of nitrogens with zero attached hydrogens (tertiary/aromatic N) is 1. The summed E-state index contributed by atoms with van der Waals surface area (Å²) in [6, 6.07) is 12.9. The number of hydrogen-bond acceptors (Lipinski definition) is 6. The first-order chi connectivity index (χ1) is 15.3. The lowest BCUT2D eigenvalue weighted by Gasteiger charge is -2.31. The van der Waals surface area contributed by atoms with Gasteiger partial charge in [-0.15, -0.1) is 0 Å². The molecule has 0 bridgehead atoms. The number of hydrogen-bond donors (Lipinski definition) is 2. The molecule has 1 saturated heterocycles. The Kier molecular flexibility index (Phi) is 6.54. The van der Waals surface area contributed by atoms with Crippen molar-refractivity contribution in [1.82, 2.24) is 15.2 Å². The molecule has 2 aliphatic rings. The molecule has 1 fully saturated rings. The fraction of sp³-hybridized carbons (Fsp3) is 0.333. The predicted octanol–water partition coefficient (Wildman–Crippen LogP) is 1.73. The van der Waals surface area contributed by atoms with E-state index in [0.29, 0.717) is 35.9 Å². The zero-order chi connectivity index (χ0) is 22.7. The SMILES string of the molecule is O=C(NNC(=O)C1COc2ccccc2O1)C1CCCN(S(=O)(=O)c2ccc(Cl)cc2)C1. The van der Waals surface area contributed by atoms with Gasteiger partial charge in [-0.05, 0) is 49.2 Å². The molecule has 2 N–H and O–H groups in total. The lowest BCUT2D eigenvalue weighted by molar-refractivity contribution is -0.136. The molecule has 9 nitrogen and oxygen atoms in total. The number of amides is 2. The summed E-state index contributed by atoms with van der Waals surface area (Å²) in [5.74, 6) is -0.638. The minimum absolute atomic E-state index is 0.00919. The second-order valence-corrected chi connectivity index (χ2v) is 9.87. The van der Waals surface area contributed by atoms with Gasteiger partial charge in [-0.1, -0.05) is 23.7 Å². The van der Waals surface area contributed by atoms with Crippen molar-refractivity contribution < 1.29 is 27.5 Å². The average Bonchev–Trinajstić information content (AvgIpc) is 2.82. The molecule has 0 radical (unpaired) electrons. The Morgan fingerprint density at radius 3 is 2.44 bits per heavy atom. The van der Waals surface area contributed by atoms with Gasteiger partial charge in [-0.2, -0.15) is 4.31 Å². The molecule has 2 aliphatic heterocycles. The molecule has 2 unspecified atom stereocenters. The highest BCUT2D eigenvalue weighted by molar-refractivity contribution is 7.89. The normalized spacial score (nSPS) is 20.9. The second-order valence-electron chi connectivity index (χ2n) is 7.50. The molecule has 0 spiro atoms. The third-order valence-corrected chi connectivity index (χ3v) is 7.45. The largest absolute Gasteiger partial charge is 0.485 e. The molecule has 4 rings (SSSR count). The van der Waals surface area contributed by atoms with Crippen LogP contribution in [0.1, 0.15) is 12.8 Å². The molecule has 170 valence electrons. The molecule has 0 aliphatic carbocycles. The summed E-state index contributed by atoms with van der Waals surface area (Å²) in [6.07, 6.45) is 0.110. The maximum absolute atomic E-state index is 12.9. The van der Waals surface area contributed by atoms with Crippen molar-refractivity contribution in [1.29, 1.82) is 0 Å². The maximum atomic E-state index is 12.9. The number of piperidine rings is 1. The van der Waals surface area contributed by atoms with Crippen LogP contribution in [-0.4, -0.2) is 50.3 Å². The maximum Gasteiger partial charge on any atom is 0.283 e. The van der Waals surface area contributed by atoms with Crippen LogP contribution in [0.15, 0.2) is 53.4 Å². The fourth-order valence-electron chi connectivity index (χ4n) is 3.58. The highest BCUT2D eigenvalue weighted by Crippen LogP contribution is 2.31. The van der Waals surface area contributed by atoms with Crippen LogP contribution in [0, 0.1) is 5.92 Å². The van der Waals surface area contributed by atoms with Crippen molar-refractivity contribution in [3.63, 3.8) is 0 Å². The zero-order valence-corrected chi connectivity index (χ0v) is 18.6. The zero-order valence-electron chi connectivity index (χ0n) is 17.0. The molecule has 11 heteroatoms. The summed E-state index contributed by atoms with van der Waals surface area (Å²) in [5.41, 5.74) is 4.73. The number of halogens is 1. The van der Waals surface area contributed by atoms with E-state index in [1.165, 1.54) is 28.6 Å². The van der Waals surface area contributed by atoms with Gasteiger partial charge in [0, 0.05) is 18.1 Å². The van der Waals surface area contributed by atoms with Gasteiger partial charge in [-0.3, -0.25) is 20.4 Å². The molecule has 32 heavy (non-hydrogen) atoms. The van der Waals surface area contributed by atoms with Crippen LogP contribution < -0.4 is 20.3 Å². The van der Waals surface area contributed by atoms with E-state index in [9.17, 15) is 18.0 Å². The van der Waals surface area contributed by atoms with Crippen LogP contribution in [0.5, 0.6) is 11.5 Å². The molecule has 0 saturated carbocycles. The lowest BCUT2D eigenvalue weighted by atomic mass is 9.99. The van der Waals surface area contributed by atoms with Crippen LogP contribution in [0.2, 0.25) is 5.02 Å². The number of nitrogens with one attached hydrogen (secondary N) is 2. The summed E-state index contributed by atoms with van der Waals surface area (Å²) < 4.78 is 38.2. The highest BCUT2D eigenvalue weighted by Gasteiger charge is 2.34. The molecular weight excluding hydrogens is 458 g/mol. The predicted molar refractivity (Wildman–Crippen MR) is 116 cm³/mol. The minimum atomic E-state index is -3.75. The molecule has 2 atom stereocenters. The van der Waals surface area contributed by atoms with Crippen molar-refractivity contribution in [2.24, 2.45) is 5.92 Å². The first kappa shape index (κ1) is 22.4. The van der Waals surface area contributed by atoms with Crippen LogP contribution in [-0.2, 0) is 19.6 Å². The van der Waals surface area contributed by atoms with Gasteiger partial charge >= 0.3 is 0 Å². The Labute approximate surface area is 190 Å². The van der Waals surface area contributed by atoms with E-state index in [4.69, 9.17) is 21.1 Å². The van der Waals surface area contributed by atoms with Crippen LogP contribution in [0.4, 0.5) is 0 Å². The number of para-hydroxylation sites is 2. The first-order valence-corrected chi connectivity index (χ1v) is 11.9. The number of benzene rings is 2. The van der Waals surface area contributed by atoms with Crippen LogP contribution >= 0.6 is 11.6 Å². The van der Waals surface area contributed by atoms with Gasteiger partial charge in [0.25, 0.3) is 5.91 Å².